The average Bonchev–Trinajstić information content (AvgIpc) is 3.38. The second-order valence-electron chi connectivity index (χ2n) is 6.56. The largest absolute Gasteiger partial charge is 0.416 e. The topological polar surface area (TPSA) is 20.3 Å². The van der Waals surface area contributed by atoms with E-state index >= 15 is 0 Å². The van der Waals surface area contributed by atoms with Gasteiger partial charge in [-0.05, 0) is 59.7 Å². The predicted molar refractivity (Wildman–Crippen MR) is 89.9 cm³/mol. The molecule has 0 unspecified atom stereocenters. The van der Waals surface area contributed by atoms with E-state index < -0.39 is 17.6 Å². The molecule has 25 heavy (non-hydrogen) atoms. The molecule has 6 heteroatoms. The molecule has 1 amide bonds. The standard InChI is InChI=1S/C19H15ClF3NO/c20-9-11-6-15-16(17(7-11)19(21,22)23)10-24(18(15)25)14-3-1-2-13(8-14)12-4-5-12/h1-3,6-8,12H,4-5,9-10H2. The number of rotatable bonds is 3. The van der Waals surface area contributed by atoms with Crippen molar-refractivity contribution in [1.82, 2.24) is 0 Å². The lowest BCUT2D eigenvalue weighted by Gasteiger charge is -2.17. The third-order valence-electron chi connectivity index (χ3n) is 4.79. The van der Waals surface area contributed by atoms with Crippen molar-refractivity contribution < 1.29 is 18.0 Å². The highest BCUT2D eigenvalue weighted by Crippen LogP contribution is 2.43. The molecule has 0 bridgehead atoms. The van der Waals surface area contributed by atoms with Crippen molar-refractivity contribution in [1.29, 1.82) is 0 Å². The number of alkyl halides is 4. The van der Waals surface area contributed by atoms with Crippen molar-refractivity contribution in [3.05, 3.63) is 64.2 Å². The predicted octanol–water partition coefficient (Wildman–Crippen LogP) is 5.48. The summed E-state index contributed by atoms with van der Waals surface area (Å²) in [6.45, 7) is -0.0697. The number of halogens is 4. The van der Waals surface area contributed by atoms with Gasteiger partial charge in [0.2, 0.25) is 0 Å². The minimum Gasteiger partial charge on any atom is -0.304 e. The first-order valence-corrected chi connectivity index (χ1v) is 8.62. The highest BCUT2D eigenvalue weighted by atomic mass is 35.5. The van der Waals surface area contributed by atoms with Gasteiger partial charge in [-0.15, -0.1) is 11.6 Å². The van der Waals surface area contributed by atoms with Gasteiger partial charge in [0.1, 0.15) is 0 Å². The van der Waals surface area contributed by atoms with E-state index in [0.29, 0.717) is 17.2 Å². The fourth-order valence-electron chi connectivity index (χ4n) is 3.37. The molecule has 1 fully saturated rings. The van der Waals surface area contributed by atoms with E-state index in [1.807, 2.05) is 18.2 Å². The monoisotopic (exact) mass is 365 g/mol. The van der Waals surface area contributed by atoms with Crippen LogP contribution >= 0.6 is 11.6 Å². The summed E-state index contributed by atoms with van der Waals surface area (Å²) in [6.07, 6.45) is -2.28. The van der Waals surface area contributed by atoms with E-state index in [4.69, 9.17) is 11.6 Å². The summed E-state index contributed by atoms with van der Waals surface area (Å²) in [7, 11) is 0. The lowest BCUT2D eigenvalue weighted by molar-refractivity contribution is -0.138. The quantitative estimate of drug-likeness (QED) is 0.659. The second-order valence-corrected chi connectivity index (χ2v) is 6.83. The number of carbonyl (C=O) groups excluding carboxylic acids is 1. The van der Waals surface area contributed by atoms with Gasteiger partial charge < -0.3 is 4.90 Å². The van der Waals surface area contributed by atoms with Gasteiger partial charge in [-0.1, -0.05) is 12.1 Å². The van der Waals surface area contributed by atoms with Crippen LogP contribution in [-0.2, 0) is 18.6 Å². The van der Waals surface area contributed by atoms with Crippen LogP contribution in [0.5, 0.6) is 0 Å². The molecule has 0 atom stereocenters. The zero-order valence-electron chi connectivity index (χ0n) is 13.2. The maximum atomic E-state index is 13.4. The Morgan fingerprint density at radius 2 is 1.92 bits per heavy atom. The Bertz CT molecular complexity index is 858. The number of hydrogen-bond acceptors (Lipinski definition) is 1. The van der Waals surface area contributed by atoms with Gasteiger partial charge >= 0.3 is 6.18 Å². The van der Waals surface area contributed by atoms with Crippen LogP contribution in [0.15, 0.2) is 36.4 Å². The van der Waals surface area contributed by atoms with Gasteiger partial charge in [0.15, 0.2) is 0 Å². The molecule has 2 aliphatic rings. The first-order valence-electron chi connectivity index (χ1n) is 8.09. The van der Waals surface area contributed by atoms with Crippen LogP contribution in [0, 0.1) is 0 Å². The highest BCUT2D eigenvalue weighted by Gasteiger charge is 2.40. The highest BCUT2D eigenvalue weighted by molar-refractivity contribution is 6.17. The Kier molecular flexibility index (Phi) is 3.80. The number of anilines is 1. The van der Waals surface area contributed by atoms with Crippen molar-refractivity contribution in [3.63, 3.8) is 0 Å². The maximum absolute atomic E-state index is 13.4. The molecule has 2 nitrogen and oxygen atoms in total. The summed E-state index contributed by atoms with van der Waals surface area (Å²) in [5.74, 6) is 0.0369. The summed E-state index contributed by atoms with van der Waals surface area (Å²) in [5.41, 5.74) is 1.44. The number of hydrogen-bond donors (Lipinski definition) is 0. The summed E-state index contributed by atoms with van der Waals surface area (Å²) < 4.78 is 40.3. The molecule has 1 aliphatic heterocycles. The molecule has 0 N–H and O–H groups in total. The number of benzene rings is 2. The van der Waals surface area contributed by atoms with Crippen LogP contribution in [0.25, 0.3) is 0 Å². The van der Waals surface area contributed by atoms with Crippen LogP contribution in [0.2, 0.25) is 0 Å². The minimum atomic E-state index is -4.52. The van der Waals surface area contributed by atoms with Gasteiger partial charge in [0, 0.05) is 17.1 Å². The van der Waals surface area contributed by atoms with Crippen LogP contribution in [-0.4, -0.2) is 5.91 Å². The van der Waals surface area contributed by atoms with Gasteiger partial charge in [-0.25, -0.2) is 0 Å². The first kappa shape index (κ1) is 16.5. The van der Waals surface area contributed by atoms with Gasteiger partial charge in [-0.2, -0.15) is 13.2 Å². The second kappa shape index (κ2) is 5.77. The molecule has 4 rings (SSSR count). The van der Waals surface area contributed by atoms with Crippen LogP contribution in [0.1, 0.15) is 51.4 Å². The zero-order valence-corrected chi connectivity index (χ0v) is 14.0. The molecule has 0 spiro atoms. The average molecular weight is 366 g/mol. The Hall–Kier alpha value is -2.01. The summed E-state index contributed by atoms with van der Waals surface area (Å²) >= 11 is 5.72. The molecule has 0 aromatic heterocycles. The molecule has 1 aliphatic carbocycles. The van der Waals surface area contributed by atoms with E-state index in [2.05, 4.69) is 0 Å². The van der Waals surface area contributed by atoms with E-state index in [-0.39, 0.29) is 23.6 Å². The summed E-state index contributed by atoms with van der Waals surface area (Å²) in [5, 5.41) is 0. The number of nitrogens with zero attached hydrogens (tertiary/aromatic N) is 1. The van der Waals surface area contributed by atoms with E-state index in [0.717, 1.165) is 24.5 Å². The van der Waals surface area contributed by atoms with E-state index in [1.165, 1.54) is 11.0 Å². The fourth-order valence-corrected chi connectivity index (χ4v) is 3.52. The zero-order chi connectivity index (χ0) is 17.8. The summed E-state index contributed by atoms with van der Waals surface area (Å²) in [4.78, 5) is 14.2. The third-order valence-corrected chi connectivity index (χ3v) is 5.10. The van der Waals surface area contributed by atoms with E-state index in [1.54, 1.807) is 6.07 Å². The molecule has 0 radical (unpaired) electrons. The van der Waals surface area contributed by atoms with Crippen molar-refractivity contribution in [2.75, 3.05) is 4.90 Å². The van der Waals surface area contributed by atoms with Crippen molar-refractivity contribution in [2.45, 2.75) is 37.4 Å². The molecule has 2 aromatic carbocycles. The Morgan fingerprint density at radius 1 is 1.16 bits per heavy atom. The lowest BCUT2D eigenvalue weighted by atomic mass is 9.99. The first-order chi connectivity index (χ1) is 11.9. The number of fused-ring (bicyclic) bond motifs is 1. The molecule has 1 heterocycles. The van der Waals surface area contributed by atoms with Crippen LogP contribution in [0.4, 0.5) is 18.9 Å². The maximum Gasteiger partial charge on any atom is 0.416 e. The molecule has 2 aromatic rings. The van der Waals surface area contributed by atoms with Crippen molar-refractivity contribution in [3.8, 4) is 0 Å². The third kappa shape index (κ3) is 2.91. The number of carbonyl (C=O) groups is 1. The Labute approximate surface area is 148 Å². The van der Waals surface area contributed by atoms with Crippen LogP contribution < -0.4 is 4.90 Å². The number of amides is 1. The Balaban J connectivity index is 1.77. The molecule has 1 saturated carbocycles. The molecular weight excluding hydrogens is 351 g/mol. The van der Waals surface area contributed by atoms with Crippen molar-refractivity contribution >= 4 is 23.2 Å². The smallest absolute Gasteiger partial charge is 0.304 e. The Morgan fingerprint density at radius 3 is 2.56 bits per heavy atom. The van der Waals surface area contributed by atoms with Crippen LogP contribution in [0.3, 0.4) is 0 Å². The van der Waals surface area contributed by atoms with E-state index in [9.17, 15) is 18.0 Å². The normalized spacial score (nSPS) is 17.1. The van der Waals surface area contributed by atoms with Gasteiger partial charge in [0.25, 0.3) is 5.91 Å². The SMILES string of the molecule is O=C1c2cc(CCl)cc(C(F)(F)F)c2CN1c1cccc(C2CC2)c1. The van der Waals surface area contributed by atoms with Crippen molar-refractivity contribution in [2.24, 2.45) is 0 Å². The fraction of sp³-hybridized carbons (Fsp3) is 0.316. The lowest BCUT2D eigenvalue weighted by Crippen LogP contribution is -2.23. The van der Waals surface area contributed by atoms with Gasteiger partial charge in [-0.3, -0.25) is 4.79 Å². The summed E-state index contributed by atoms with van der Waals surface area (Å²) in [6, 6.07) is 10.1. The minimum absolute atomic E-state index is 0.0307. The molecule has 130 valence electrons. The molecule has 0 saturated heterocycles. The molecular formula is C19H15ClF3NO. The van der Waals surface area contributed by atoms with Gasteiger partial charge in [0.05, 0.1) is 12.1 Å².